The van der Waals surface area contributed by atoms with Crippen LogP contribution in [0.5, 0.6) is 5.75 Å². The van der Waals surface area contributed by atoms with Gasteiger partial charge < -0.3 is 4.74 Å². The maximum absolute atomic E-state index is 5.79. The van der Waals surface area contributed by atoms with E-state index >= 15 is 0 Å². The fourth-order valence-corrected chi connectivity index (χ4v) is 3.10. The molecule has 0 bridgehead atoms. The van der Waals surface area contributed by atoms with E-state index in [2.05, 4.69) is 29.7 Å². The monoisotopic (exact) mass is 260 g/mol. The van der Waals surface area contributed by atoms with Crippen molar-refractivity contribution in [3.05, 3.63) is 29.8 Å². The molecule has 19 heavy (non-hydrogen) atoms. The first-order valence-corrected chi connectivity index (χ1v) is 7.59. The molecule has 3 rings (SSSR count). The van der Waals surface area contributed by atoms with Crippen molar-refractivity contribution in [2.75, 3.05) is 0 Å². The number of hydrazine groups is 1. The van der Waals surface area contributed by atoms with Gasteiger partial charge in [0.1, 0.15) is 5.75 Å². The summed E-state index contributed by atoms with van der Waals surface area (Å²) in [5.41, 5.74) is 4.31. The minimum absolute atomic E-state index is 0.287. The number of rotatable bonds is 5. The lowest BCUT2D eigenvalue weighted by atomic mass is 9.81. The van der Waals surface area contributed by atoms with E-state index in [0.29, 0.717) is 12.0 Å². The van der Waals surface area contributed by atoms with Crippen LogP contribution in [0.4, 0.5) is 0 Å². The molecule has 104 valence electrons. The molecule has 2 fully saturated rings. The van der Waals surface area contributed by atoms with Crippen LogP contribution in [-0.2, 0) is 0 Å². The number of benzene rings is 1. The van der Waals surface area contributed by atoms with E-state index in [-0.39, 0.29) is 6.04 Å². The van der Waals surface area contributed by atoms with Crippen molar-refractivity contribution < 1.29 is 4.74 Å². The van der Waals surface area contributed by atoms with E-state index in [4.69, 9.17) is 10.6 Å². The molecule has 3 nitrogen and oxygen atoms in total. The van der Waals surface area contributed by atoms with Crippen LogP contribution in [0.2, 0.25) is 0 Å². The topological polar surface area (TPSA) is 47.3 Å². The third-order valence-electron chi connectivity index (χ3n) is 4.37. The van der Waals surface area contributed by atoms with Crippen LogP contribution in [0.15, 0.2) is 24.3 Å². The van der Waals surface area contributed by atoms with Crippen LogP contribution in [0.25, 0.3) is 0 Å². The summed E-state index contributed by atoms with van der Waals surface area (Å²) in [7, 11) is 0. The molecule has 1 atom stereocenters. The highest BCUT2D eigenvalue weighted by atomic mass is 16.5. The zero-order valence-corrected chi connectivity index (χ0v) is 11.5. The fraction of sp³-hybridized carbons (Fsp3) is 0.625. The fourth-order valence-electron chi connectivity index (χ4n) is 3.10. The summed E-state index contributed by atoms with van der Waals surface area (Å²) in [5, 5.41) is 0. The Labute approximate surface area is 115 Å². The first-order chi connectivity index (χ1) is 9.36. The third-order valence-corrected chi connectivity index (χ3v) is 4.37. The minimum Gasteiger partial charge on any atom is -0.490 e. The van der Waals surface area contributed by atoms with Crippen molar-refractivity contribution in [3.63, 3.8) is 0 Å². The Hall–Kier alpha value is -1.06. The van der Waals surface area contributed by atoms with Crippen LogP contribution in [0.3, 0.4) is 0 Å². The van der Waals surface area contributed by atoms with Gasteiger partial charge in [0.2, 0.25) is 0 Å². The summed E-state index contributed by atoms with van der Waals surface area (Å²) >= 11 is 0. The van der Waals surface area contributed by atoms with E-state index in [1.54, 1.807) is 0 Å². The molecule has 3 heteroatoms. The zero-order valence-electron chi connectivity index (χ0n) is 11.5. The highest BCUT2D eigenvalue weighted by Crippen LogP contribution is 2.35. The largest absolute Gasteiger partial charge is 0.490 e. The first kappa shape index (κ1) is 12.9. The molecule has 0 heterocycles. The second-order valence-corrected chi connectivity index (χ2v) is 5.93. The van der Waals surface area contributed by atoms with E-state index in [1.165, 1.54) is 50.5 Å². The van der Waals surface area contributed by atoms with Crippen LogP contribution < -0.4 is 16.0 Å². The van der Waals surface area contributed by atoms with Crippen molar-refractivity contribution >= 4 is 0 Å². The van der Waals surface area contributed by atoms with Gasteiger partial charge in [-0.25, -0.2) is 0 Å². The van der Waals surface area contributed by atoms with Crippen LogP contribution in [0, 0.1) is 5.92 Å². The number of ether oxygens (including phenoxy) is 1. The summed E-state index contributed by atoms with van der Waals surface area (Å²) in [6.45, 7) is 0. The Morgan fingerprint density at radius 1 is 1.00 bits per heavy atom. The van der Waals surface area contributed by atoms with Gasteiger partial charge in [0, 0.05) is 6.04 Å². The molecule has 2 aliphatic carbocycles. The van der Waals surface area contributed by atoms with E-state index in [1.807, 2.05) is 0 Å². The highest BCUT2D eigenvalue weighted by molar-refractivity contribution is 5.30. The molecule has 0 radical (unpaired) electrons. The molecule has 0 spiro atoms. The van der Waals surface area contributed by atoms with Gasteiger partial charge in [-0.1, -0.05) is 31.4 Å². The summed E-state index contributed by atoms with van der Waals surface area (Å²) in [6.07, 6.45) is 9.50. The van der Waals surface area contributed by atoms with E-state index in [0.717, 1.165) is 5.75 Å². The lowest BCUT2D eigenvalue weighted by Gasteiger charge is -2.30. The van der Waals surface area contributed by atoms with Crippen molar-refractivity contribution in [2.45, 2.75) is 57.1 Å². The van der Waals surface area contributed by atoms with Gasteiger partial charge in [0.05, 0.1) is 6.10 Å². The summed E-state index contributed by atoms with van der Waals surface area (Å²) in [5.74, 6) is 7.45. The summed E-state index contributed by atoms with van der Waals surface area (Å²) in [6, 6.07) is 8.78. The van der Waals surface area contributed by atoms with E-state index in [9.17, 15) is 0 Å². The van der Waals surface area contributed by atoms with Gasteiger partial charge in [-0.3, -0.25) is 11.3 Å². The molecule has 1 aromatic rings. The molecule has 1 aromatic carbocycles. The van der Waals surface area contributed by atoms with Gasteiger partial charge in [-0.05, 0) is 49.3 Å². The van der Waals surface area contributed by atoms with Gasteiger partial charge in [-0.15, -0.1) is 0 Å². The normalized spacial score (nSPS) is 22.2. The molecule has 0 aliphatic heterocycles. The van der Waals surface area contributed by atoms with Crippen molar-refractivity contribution in [1.29, 1.82) is 0 Å². The Morgan fingerprint density at radius 3 is 2.26 bits per heavy atom. The van der Waals surface area contributed by atoms with Gasteiger partial charge in [0.25, 0.3) is 0 Å². The van der Waals surface area contributed by atoms with Crippen LogP contribution >= 0.6 is 0 Å². The number of hydrogen-bond donors (Lipinski definition) is 2. The quantitative estimate of drug-likeness (QED) is 0.630. The Balaban J connectivity index is 1.67. The molecular weight excluding hydrogens is 236 g/mol. The number of hydrogen-bond acceptors (Lipinski definition) is 3. The SMILES string of the molecule is NNC(c1ccc(OC2CC2)cc1)C1CCCCC1. The second-order valence-electron chi connectivity index (χ2n) is 5.93. The second kappa shape index (κ2) is 5.93. The standard InChI is InChI=1S/C16H24N2O/c17-18-16(12-4-2-1-3-5-12)13-6-8-14(9-7-13)19-15-10-11-15/h6-9,12,15-16,18H,1-5,10-11,17H2. The molecule has 2 saturated carbocycles. The third kappa shape index (κ3) is 3.28. The predicted octanol–water partition coefficient (Wildman–Crippen LogP) is 3.31. The average Bonchev–Trinajstić information content (AvgIpc) is 3.27. The Bertz CT molecular complexity index is 394. The molecule has 2 aliphatic rings. The minimum atomic E-state index is 0.287. The molecule has 0 saturated heterocycles. The van der Waals surface area contributed by atoms with E-state index < -0.39 is 0 Å². The summed E-state index contributed by atoms with van der Waals surface area (Å²) < 4.78 is 5.79. The van der Waals surface area contributed by atoms with Crippen molar-refractivity contribution in [2.24, 2.45) is 11.8 Å². The van der Waals surface area contributed by atoms with Crippen LogP contribution in [-0.4, -0.2) is 6.10 Å². The highest BCUT2D eigenvalue weighted by Gasteiger charge is 2.25. The lowest BCUT2D eigenvalue weighted by Crippen LogP contribution is -2.34. The van der Waals surface area contributed by atoms with Crippen molar-refractivity contribution in [3.8, 4) is 5.75 Å². The molecule has 0 aromatic heterocycles. The zero-order chi connectivity index (χ0) is 13.1. The molecular formula is C16H24N2O. The molecule has 3 N–H and O–H groups in total. The lowest BCUT2D eigenvalue weighted by molar-refractivity contribution is 0.273. The Kier molecular flexibility index (Phi) is 4.04. The van der Waals surface area contributed by atoms with Crippen molar-refractivity contribution in [1.82, 2.24) is 5.43 Å². The maximum Gasteiger partial charge on any atom is 0.119 e. The number of nitrogens with one attached hydrogen (secondary N) is 1. The predicted molar refractivity (Wildman–Crippen MR) is 76.7 cm³/mol. The number of nitrogens with two attached hydrogens (primary N) is 1. The molecule has 1 unspecified atom stereocenters. The Morgan fingerprint density at radius 2 is 1.68 bits per heavy atom. The van der Waals surface area contributed by atoms with Gasteiger partial charge >= 0.3 is 0 Å². The summed E-state index contributed by atoms with van der Waals surface area (Å²) in [4.78, 5) is 0. The first-order valence-electron chi connectivity index (χ1n) is 7.59. The molecule has 0 amide bonds. The smallest absolute Gasteiger partial charge is 0.119 e. The van der Waals surface area contributed by atoms with Gasteiger partial charge in [0.15, 0.2) is 0 Å². The maximum atomic E-state index is 5.79. The van der Waals surface area contributed by atoms with Crippen LogP contribution in [0.1, 0.15) is 56.6 Å². The van der Waals surface area contributed by atoms with Gasteiger partial charge in [-0.2, -0.15) is 0 Å². The average molecular weight is 260 g/mol.